The average Bonchev–Trinajstić information content (AvgIpc) is 3.06. The summed E-state index contributed by atoms with van der Waals surface area (Å²) >= 11 is 1.75. The van der Waals surface area contributed by atoms with E-state index in [-0.39, 0.29) is 5.82 Å². The molecule has 0 atom stereocenters. The highest BCUT2D eigenvalue weighted by Gasteiger charge is 2.23. The Hall–Kier alpha value is -1.80. The molecule has 0 fully saturated rings. The van der Waals surface area contributed by atoms with Crippen LogP contribution in [0.15, 0.2) is 52.9 Å². The van der Waals surface area contributed by atoms with Crippen molar-refractivity contribution in [1.82, 2.24) is 0 Å². The number of halogens is 1. The third-order valence-corrected chi connectivity index (χ3v) is 6.33. The quantitative estimate of drug-likeness (QED) is 0.274. The van der Waals surface area contributed by atoms with E-state index in [9.17, 15) is 4.39 Å². The molecule has 0 aromatic heterocycles. The lowest BCUT2D eigenvalue weighted by Gasteiger charge is -2.05. The van der Waals surface area contributed by atoms with E-state index < -0.39 is 0 Å². The van der Waals surface area contributed by atoms with Crippen molar-refractivity contribution in [3.8, 4) is 0 Å². The minimum Gasteiger partial charge on any atom is -0.207 e. The van der Waals surface area contributed by atoms with E-state index in [0.717, 1.165) is 24.0 Å². The molecule has 2 heteroatoms. The SMILES string of the molecule is CCC.CCCC1=C(C)/C(=C/c2ccc(SC)cc2)c2ccc(F)cc21.CCCCCCC. The second kappa shape index (κ2) is 16.8. The summed E-state index contributed by atoms with van der Waals surface area (Å²) in [6.45, 7) is 13.1. The standard InChI is InChI=1S/C21H21FS.C7H16.C3H8/c1-4-5-18-14(2)20(19-11-8-16(22)13-21(18)19)12-15-6-9-17(23-3)10-7-15;1-3-5-7-6-4-2;1-3-2/h6-13H,4-5H2,1-3H3;3-7H2,1-2H3;3H2,1-2H3/b20-12-;;. The summed E-state index contributed by atoms with van der Waals surface area (Å²) in [5.74, 6) is -0.157. The van der Waals surface area contributed by atoms with E-state index in [2.05, 4.69) is 78.1 Å². The number of benzene rings is 2. The molecular weight excluding hydrogens is 423 g/mol. The van der Waals surface area contributed by atoms with Crippen molar-refractivity contribution >= 4 is 29.0 Å². The van der Waals surface area contributed by atoms with Crippen LogP contribution in [0.1, 0.15) is 110 Å². The molecular formula is C31H45FS. The van der Waals surface area contributed by atoms with Gasteiger partial charge in [0.15, 0.2) is 0 Å². The maximum Gasteiger partial charge on any atom is 0.123 e. The highest BCUT2D eigenvalue weighted by atomic mass is 32.2. The van der Waals surface area contributed by atoms with Crippen LogP contribution in [0.25, 0.3) is 17.2 Å². The van der Waals surface area contributed by atoms with Gasteiger partial charge in [0.1, 0.15) is 5.82 Å². The Morgan fingerprint density at radius 3 is 1.91 bits per heavy atom. The van der Waals surface area contributed by atoms with Gasteiger partial charge in [0, 0.05) is 4.90 Å². The third-order valence-electron chi connectivity index (χ3n) is 5.59. The van der Waals surface area contributed by atoms with Crippen molar-refractivity contribution in [3.05, 3.63) is 70.5 Å². The molecule has 3 rings (SSSR count). The Bertz CT molecular complexity index is 870. The van der Waals surface area contributed by atoms with E-state index in [1.807, 2.05) is 6.07 Å². The molecule has 0 radical (unpaired) electrons. The number of hydrogen-bond acceptors (Lipinski definition) is 1. The Kier molecular flexibility index (Phi) is 14.8. The number of hydrogen-bond donors (Lipinski definition) is 0. The zero-order valence-electron chi connectivity index (χ0n) is 22.1. The molecule has 0 saturated carbocycles. The zero-order valence-corrected chi connectivity index (χ0v) is 22.9. The summed E-state index contributed by atoms with van der Waals surface area (Å²) in [6, 6.07) is 13.7. The molecule has 0 N–H and O–H groups in total. The Labute approximate surface area is 207 Å². The maximum atomic E-state index is 13.7. The van der Waals surface area contributed by atoms with Gasteiger partial charge in [-0.2, -0.15) is 0 Å². The summed E-state index contributed by atoms with van der Waals surface area (Å²) < 4.78 is 13.7. The number of unbranched alkanes of at least 4 members (excludes halogenated alkanes) is 4. The zero-order chi connectivity index (χ0) is 24.6. The summed E-state index contributed by atoms with van der Waals surface area (Å²) in [7, 11) is 0. The average molecular weight is 469 g/mol. The van der Waals surface area contributed by atoms with E-state index in [4.69, 9.17) is 0 Å². The van der Waals surface area contributed by atoms with Gasteiger partial charge in [-0.3, -0.25) is 0 Å². The van der Waals surface area contributed by atoms with Gasteiger partial charge in [0.2, 0.25) is 0 Å². The summed E-state index contributed by atoms with van der Waals surface area (Å²) in [4.78, 5) is 1.26. The molecule has 0 heterocycles. The maximum absolute atomic E-state index is 13.7. The molecule has 2 aromatic rings. The van der Waals surface area contributed by atoms with Crippen molar-refractivity contribution in [2.75, 3.05) is 6.26 Å². The largest absolute Gasteiger partial charge is 0.207 e. The summed E-state index contributed by atoms with van der Waals surface area (Å²) in [5.41, 5.74) is 7.19. The summed E-state index contributed by atoms with van der Waals surface area (Å²) in [5, 5.41) is 0. The Balaban J connectivity index is 0.000000462. The fraction of sp³-hybridized carbons (Fsp3) is 0.484. The smallest absolute Gasteiger partial charge is 0.123 e. The van der Waals surface area contributed by atoms with E-state index in [1.54, 1.807) is 23.9 Å². The molecule has 0 nitrogen and oxygen atoms in total. The normalized spacial score (nSPS) is 13.3. The van der Waals surface area contributed by atoms with E-state index in [0.29, 0.717) is 0 Å². The van der Waals surface area contributed by atoms with Gasteiger partial charge in [-0.1, -0.05) is 97.8 Å². The van der Waals surface area contributed by atoms with Gasteiger partial charge in [0.25, 0.3) is 0 Å². The molecule has 0 amide bonds. The van der Waals surface area contributed by atoms with Crippen molar-refractivity contribution in [2.24, 2.45) is 0 Å². The predicted molar refractivity (Wildman–Crippen MR) is 150 cm³/mol. The fourth-order valence-electron chi connectivity index (χ4n) is 3.87. The van der Waals surface area contributed by atoms with Crippen molar-refractivity contribution < 1.29 is 4.39 Å². The molecule has 0 unspecified atom stereocenters. The third kappa shape index (κ3) is 9.53. The molecule has 0 spiro atoms. The van der Waals surface area contributed by atoms with Gasteiger partial charge in [-0.05, 0) is 83.4 Å². The van der Waals surface area contributed by atoms with Crippen LogP contribution in [-0.2, 0) is 0 Å². The molecule has 0 aliphatic heterocycles. The number of thioether (sulfide) groups is 1. The summed E-state index contributed by atoms with van der Waals surface area (Å²) in [6.07, 6.45) is 14.6. The number of allylic oxidation sites excluding steroid dienone is 3. The molecule has 1 aliphatic carbocycles. The lowest BCUT2D eigenvalue weighted by molar-refractivity contribution is 0.627. The van der Waals surface area contributed by atoms with Crippen LogP contribution >= 0.6 is 11.8 Å². The lowest BCUT2D eigenvalue weighted by atomic mass is 10.0. The predicted octanol–water partition coefficient (Wildman–Crippen LogP) is 11.1. The second-order valence-electron chi connectivity index (χ2n) is 8.64. The van der Waals surface area contributed by atoms with Crippen LogP contribution in [0.4, 0.5) is 4.39 Å². The van der Waals surface area contributed by atoms with Crippen LogP contribution in [0.2, 0.25) is 0 Å². The lowest BCUT2D eigenvalue weighted by Crippen LogP contribution is -1.87. The van der Waals surface area contributed by atoms with Gasteiger partial charge < -0.3 is 0 Å². The second-order valence-corrected chi connectivity index (χ2v) is 9.52. The molecule has 0 saturated heterocycles. The highest BCUT2D eigenvalue weighted by molar-refractivity contribution is 7.98. The van der Waals surface area contributed by atoms with E-state index in [1.165, 1.54) is 65.7 Å². The minimum atomic E-state index is -0.157. The molecule has 182 valence electrons. The first kappa shape index (κ1) is 29.2. The first-order valence-corrected chi connectivity index (χ1v) is 14.1. The molecule has 33 heavy (non-hydrogen) atoms. The highest BCUT2D eigenvalue weighted by Crippen LogP contribution is 2.44. The van der Waals surface area contributed by atoms with Crippen molar-refractivity contribution in [2.45, 2.75) is 97.8 Å². The van der Waals surface area contributed by atoms with Crippen LogP contribution in [0.3, 0.4) is 0 Å². The van der Waals surface area contributed by atoms with Crippen LogP contribution in [0, 0.1) is 5.82 Å². The van der Waals surface area contributed by atoms with Crippen LogP contribution in [-0.4, -0.2) is 6.26 Å². The Morgan fingerprint density at radius 1 is 0.788 bits per heavy atom. The Morgan fingerprint density at radius 2 is 1.39 bits per heavy atom. The van der Waals surface area contributed by atoms with Gasteiger partial charge in [-0.15, -0.1) is 11.8 Å². The first-order valence-electron chi connectivity index (χ1n) is 12.8. The first-order chi connectivity index (χ1) is 16.0. The van der Waals surface area contributed by atoms with Crippen molar-refractivity contribution in [1.29, 1.82) is 0 Å². The van der Waals surface area contributed by atoms with Crippen LogP contribution < -0.4 is 0 Å². The number of fused-ring (bicyclic) bond motifs is 1. The minimum absolute atomic E-state index is 0.157. The monoisotopic (exact) mass is 468 g/mol. The van der Waals surface area contributed by atoms with Gasteiger partial charge >= 0.3 is 0 Å². The van der Waals surface area contributed by atoms with E-state index >= 15 is 0 Å². The molecule has 1 aliphatic rings. The fourth-order valence-corrected chi connectivity index (χ4v) is 4.28. The topological polar surface area (TPSA) is 0 Å². The van der Waals surface area contributed by atoms with Gasteiger partial charge in [0.05, 0.1) is 0 Å². The molecule has 2 aromatic carbocycles. The molecule has 0 bridgehead atoms. The number of rotatable bonds is 8. The van der Waals surface area contributed by atoms with Gasteiger partial charge in [-0.25, -0.2) is 4.39 Å². The van der Waals surface area contributed by atoms with Crippen molar-refractivity contribution in [3.63, 3.8) is 0 Å². The van der Waals surface area contributed by atoms with Crippen LogP contribution in [0.5, 0.6) is 0 Å².